The number of hydrogen-bond acceptors (Lipinski definition) is 5. The van der Waals surface area contributed by atoms with Crippen LogP contribution in [0.25, 0.3) is 0 Å². The number of nitrogens with zero attached hydrogens (tertiary/aromatic N) is 1. The van der Waals surface area contributed by atoms with Crippen LogP contribution in [0.3, 0.4) is 0 Å². The SMILES string of the molecule is CCNc1cc(S(=O)(=O)NC2CCC(SC)CC2)ccn1. The van der Waals surface area contributed by atoms with Crippen molar-refractivity contribution >= 4 is 27.6 Å². The van der Waals surface area contributed by atoms with Crippen LogP contribution in [0, 0.1) is 0 Å². The molecule has 0 aromatic carbocycles. The molecule has 0 aliphatic heterocycles. The topological polar surface area (TPSA) is 71.1 Å². The zero-order chi connectivity index (χ0) is 15.3. The third kappa shape index (κ3) is 4.59. The standard InChI is InChI=1S/C14H23N3O2S2/c1-3-15-14-10-13(8-9-16-14)21(18,19)17-11-4-6-12(20-2)7-5-11/h8-12,17H,3-7H2,1-2H3,(H,15,16). The van der Waals surface area contributed by atoms with E-state index in [0.717, 1.165) is 25.7 Å². The summed E-state index contributed by atoms with van der Waals surface area (Å²) in [6, 6.07) is 3.17. The number of anilines is 1. The van der Waals surface area contributed by atoms with Crippen LogP contribution in [-0.4, -0.2) is 37.5 Å². The maximum atomic E-state index is 12.4. The van der Waals surface area contributed by atoms with Gasteiger partial charge in [0.2, 0.25) is 10.0 Å². The van der Waals surface area contributed by atoms with Crippen molar-refractivity contribution in [3.05, 3.63) is 18.3 Å². The minimum Gasteiger partial charge on any atom is -0.370 e. The van der Waals surface area contributed by atoms with E-state index >= 15 is 0 Å². The van der Waals surface area contributed by atoms with Crippen LogP contribution in [0.2, 0.25) is 0 Å². The Morgan fingerprint density at radius 1 is 1.33 bits per heavy atom. The number of rotatable bonds is 6. The van der Waals surface area contributed by atoms with Crippen LogP contribution in [0.5, 0.6) is 0 Å². The van der Waals surface area contributed by atoms with E-state index in [1.54, 1.807) is 6.07 Å². The first-order valence-corrected chi connectivity index (χ1v) is 10.1. The van der Waals surface area contributed by atoms with Crippen LogP contribution in [0.15, 0.2) is 23.2 Å². The predicted octanol–water partition coefficient (Wildman–Crippen LogP) is 2.47. The molecule has 1 aliphatic rings. The smallest absolute Gasteiger partial charge is 0.241 e. The van der Waals surface area contributed by atoms with E-state index in [9.17, 15) is 8.42 Å². The molecule has 118 valence electrons. The molecule has 1 aromatic rings. The van der Waals surface area contributed by atoms with E-state index in [4.69, 9.17) is 0 Å². The number of sulfonamides is 1. The van der Waals surface area contributed by atoms with Gasteiger partial charge in [0.15, 0.2) is 0 Å². The Bertz CT molecular complexity index is 555. The van der Waals surface area contributed by atoms with Crippen LogP contribution >= 0.6 is 11.8 Å². The van der Waals surface area contributed by atoms with E-state index in [0.29, 0.717) is 17.6 Å². The molecule has 5 nitrogen and oxygen atoms in total. The van der Waals surface area contributed by atoms with Crippen LogP contribution in [-0.2, 0) is 10.0 Å². The fourth-order valence-corrected chi connectivity index (χ4v) is 4.62. The number of thioether (sulfide) groups is 1. The fourth-order valence-electron chi connectivity index (χ4n) is 2.56. The van der Waals surface area contributed by atoms with E-state index in [1.807, 2.05) is 18.7 Å². The molecule has 0 saturated heterocycles. The van der Waals surface area contributed by atoms with Gasteiger partial charge in [-0.05, 0) is 44.9 Å². The Morgan fingerprint density at radius 3 is 2.67 bits per heavy atom. The van der Waals surface area contributed by atoms with E-state index in [-0.39, 0.29) is 10.9 Å². The first-order valence-electron chi connectivity index (χ1n) is 7.30. The highest BCUT2D eigenvalue weighted by molar-refractivity contribution is 7.99. The molecule has 1 saturated carbocycles. The molecule has 0 unspecified atom stereocenters. The fraction of sp³-hybridized carbons (Fsp3) is 0.643. The molecular weight excluding hydrogens is 306 g/mol. The minimum absolute atomic E-state index is 0.0501. The molecule has 0 spiro atoms. The zero-order valence-electron chi connectivity index (χ0n) is 12.5. The van der Waals surface area contributed by atoms with Crippen molar-refractivity contribution in [2.45, 2.75) is 48.8 Å². The maximum absolute atomic E-state index is 12.4. The highest BCUT2D eigenvalue weighted by atomic mass is 32.2. The average Bonchev–Trinajstić information content (AvgIpc) is 2.48. The Labute approximate surface area is 131 Å². The molecule has 1 heterocycles. The molecular formula is C14H23N3O2S2. The molecule has 21 heavy (non-hydrogen) atoms. The number of aromatic nitrogens is 1. The molecule has 0 bridgehead atoms. The van der Waals surface area contributed by atoms with Crippen molar-refractivity contribution in [1.29, 1.82) is 0 Å². The Morgan fingerprint density at radius 2 is 2.05 bits per heavy atom. The van der Waals surface area contributed by atoms with Gasteiger partial charge in [0.05, 0.1) is 4.90 Å². The van der Waals surface area contributed by atoms with Gasteiger partial charge in [0.1, 0.15) is 5.82 Å². The van der Waals surface area contributed by atoms with Crippen molar-refractivity contribution < 1.29 is 8.42 Å². The summed E-state index contributed by atoms with van der Waals surface area (Å²) in [5.74, 6) is 0.589. The summed E-state index contributed by atoms with van der Waals surface area (Å²) in [5, 5.41) is 3.70. The van der Waals surface area contributed by atoms with E-state index in [1.165, 1.54) is 12.3 Å². The molecule has 0 radical (unpaired) electrons. The highest BCUT2D eigenvalue weighted by Gasteiger charge is 2.25. The molecule has 1 fully saturated rings. The lowest BCUT2D eigenvalue weighted by atomic mass is 9.96. The summed E-state index contributed by atoms with van der Waals surface area (Å²) in [6.45, 7) is 2.66. The molecule has 2 N–H and O–H groups in total. The molecule has 7 heteroatoms. The number of nitrogens with one attached hydrogen (secondary N) is 2. The van der Waals surface area contributed by atoms with Crippen LogP contribution in [0.1, 0.15) is 32.6 Å². The van der Waals surface area contributed by atoms with Gasteiger partial charge in [-0.25, -0.2) is 18.1 Å². The van der Waals surface area contributed by atoms with Crippen LogP contribution in [0.4, 0.5) is 5.82 Å². The molecule has 0 atom stereocenters. The summed E-state index contributed by atoms with van der Waals surface area (Å²) in [5.41, 5.74) is 0. The number of pyridine rings is 1. The summed E-state index contributed by atoms with van der Waals surface area (Å²) in [6.07, 6.45) is 7.62. The quantitative estimate of drug-likeness (QED) is 0.839. The first-order chi connectivity index (χ1) is 10.0. The van der Waals surface area contributed by atoms with Gasteiger partial charge in [-0.15, -0.1) is 0 Å². The van der Waals surface area contributed by atoms with Crippen molar-refractivity contribution in [3.63, 3.8) is 0 Å². The third-order valence-corrected chi connectivity index (χ3v) is 6.39. The van der Waals surface area contributed by atoms with Crippen molar-refractivity contribution in [3.8, 4) is 0 Å². The van der Waals surface area contributed by atoms with Gasteiger partial charge < -0.3 is 5.32 Å². The van der Waals surface area contributed by atoms with Crippen molar-refractivity contribution in [1.82, 2.24) is 9.71 Å². The van der Waals surface area contributed by atoms with Gasteiger partial charge in [-0.3, -0.25) is 0 Å². The van der Waals surface area contributed by atoms with Crippen molar-refractivity contribution in [2.75, 3.05) is 18.1 Å². The minimum atomic E-state index is -3.46. The second kappa shape index (κ2) is 7.47. The lowest BCUT2D eigenvalue weighted by Crippen LogP contribution is -2.38. The maximum Gasteiger partial charge on any atom is 0.241 e. The Hall–Kier alpha value is -0.790. The lowest BCUT2D eigenvalue weighted by Gasteiger charge is -2.27. The average molecular weight is 329 g/mol. The summed E-state index contributed by atoms with van der Waals surface area (Å²) in [4.78, 5) is 4.38. The highest BCUT2D eigenvalue weighted by Crippen LogP contribution is 2.27. The Kier molecular flexibility index (Phi) is 5.89. The molecule has 0 amide bonds. The van der Waals surface area contributed by atoms with Gasteiger partial charge in [0.25, 0.3) is 0 Å². The van der Waals surface area contributed by atoms with Crippen molar-refractivity contribution in [2.24, 2.45) is 0 Å². The zero-order valence-corrected chi connectivity index (χ0v) is 14.1. The van der Waals surface area contributed by atoms with E-state index < -0.39 is 10.0 Å². The first kappa shape index (κ1) is 16.6. The Balaban J connectivity index is 2.03. The van der Waals surface area contributed by atoms with Gasteiger partial charge in [-0.1, -0.05) is 0 Å². The molecule has 1 aromatic heterocycles. The second-order valence-corrected chi connectivity index (χ2v) is 8.09. The lowest BCUT2D eigenvalue weighted by molar-refractivity contribution is 0.420. The number of hydrogen-bond donors (Lipinski definition) is 2. The van der Waals surface area contributed by atoms with Gasteiger partial charge >= 0.3 is 0 Å². The summed E-state index contributed by atoms with van der Waals surface area (Å²) >= 11 is 1.88. The largest absolute Gasteiger partial charge is 0.370 e. The van der Waals surface area contributed by atoms with Gasteiger partial charge in [0, 0.05) is 30.1 Å². The third-order valence-electron chi connectivity index (χ3n) is 3.73. The second-order valence-electron chi connectivity index (χ2n) is 5.24. The normalized spacial score (nSPS) is 23.0. The molecule has 2 rings (SSSR count). The summed E-state index contributed by atoms with van der Waals surface area (Å²) < 4.78 is 27.7. The summed E-state index contributed by atoms with van der Waals surface area (Å²) in [7, 11) is -3.46. The molecule has 1 aliphatic carbocycles. The van der Waals surface area contributed by atoms with Gasteiger partial charge in [-0.2, -0.15) is 11.8 Å². The van der Waals surface area contributed by atoms with Crippen LogP contribution < -0.4 is 10.0 Å². The van der Waals surface area contributed by atoms with E-state index in [2.05, 4.69) is 21.3 Å². The predicted molar refractivity (Wildman–Crippen MR) is 88.3 cm³/mol. The monoisotopic (exact) mass is 329 g/mol.